The molecule has 29 heavy (non-hydrogen) atoms. The summed E-state index contributed by atoms with van der Waals surface area (Å²) in [6.07, 6.45) is 4.86. The number of carbonyl (C=O) groups is 2. The van der Waals surface area contributed by atoms with Crippen LogP contribution in [0.1, 0.15) is 35.2 Å². The number of aromatic nitrogens is 1. The number of aryl methyl sites for hydroxylation is 1. The highest BCUT2D eigenvalue weighted by Crippen LogP contribution is 2.23. The first kappa shape index (κ1) is 19.2. The average molecular weight is 390 g/mol. The van der Waals surface area contributed by atoms with Crippen LogP contribution in [0.5, 0.6) is 5.75 Å². The Labute approximate surface area is 170 Å². The van der Waals surface area contributed by atoms with Crippen molar-refractivity contribution in [3.05, 3.63) is 65.9 Å². The third kappa shape index (κ3) is 4.19. The summed E-state index contributed by atoms with van der Waals surface area (Å²) in [5, 5.41) is 0.818. The Bertz CT molecular complexity index is 1010. The second kappa shape index (κ2) is 8.52. The Morgan fingerprint density at radius 1 is 0.966 bits per heavy atom. The number of hydrogen-bond acceptors (Lipinski definition) is 3. The monoisotopic (exact) mass is 390 g/mol. The first-order valence-corrected chi connectivity index (χ1v) is 10.2. The quantitative estimate of drug-likeness (QED) is 0.468. The maximum absolute atomic E-state index is 13.0. The third-order valence-electron chi connectivity index (χ3n) is 5.49. The van der Waals surface area contributed by atoms with Crippen LogP contribution in [0.2, 0.25) is 0 Å². The number of hydrogen-bond donors (Lipinski definition) is 0. The van der Waals surface area contributed by atoms with Gasteiger partial charge in [-0.3, -0.25) is 9.59 Å². The lowest BCUT2D eigenvalue weighted by atomic mass is 10.1. The van der Waals surface area contributed by atoms with Crippen molar-refractivity contribution in [1.29, 1.82) is 0 Å². The predicted octanol–water partition coefficient (Wildman–Crippen LogP) is 4.22. The molecular weight excluding hydrogens is 364 g/mol. The number of Topliss-reactive ketones (excluding diaryl/α,β-unsaturated/α-hetero) is 1. The summed E-state index contributed by atoms with van der Waals surface area (Å²) in [7, 11) is 0. The number of ketones is 1. The molecule has 0 saturated carbocycles. The fourth-order valence-corrected chi connectivity index (χ4v) is 3.86. The summed E-state index contributed by atoms with van der Waals surface area (Å²) in [5.41, 5.74) is 2.61. The number of ether oxygens (including phenoxy) is 1. The number of rotatable bonds is 6. The summed E-state index contributed by atoms with van der Waals surface area (Å²) in [6.45, 7) is 4.47. The summed E-state index contributed by atoms with van der Waals surface area (Å²) in [4.78, 5) is 27.4. The van der Waals surface area contributed by atoms with Gasteiger partial charge in [0.15, 0.2) is 0 Å². The first-order chi connectivity index (χ1) is 14.1. The highest BCUT2D eigenvalue weighted by Gasteiger charge is 2.27. The number of likely N-dealkylation sites (tertiary alicyclic amines) is 1. The lowest BCUT2D eigenvalue weighted by molar-refractivity contribution is -0.127. The normalized spacial score (nSPS) is 14.2. The van der Waals surface area contributed by atoms with Crippen LogP contribution in [0.25, 0.3) is 10.9 Å². The second-order valence-electron chi connectivity index (χ2n) is 7.60. The molecule has 0 radical (unpaired) electrons. The van der Waals surface area contributed by atoms with E-state index in [1.54, 1.807) is 11.1 Å². The lowest BCUT2D eigenvalue weighted by Gasteiger charge is -2.25. The SMILES string of the molecule is Cc1ccc(OCCn2cc(C(=O)C(=O)N3CCCCC3)c3ccccc32)cc1. The van der Waals surface area contributed by atoms with E-state index in [-0.39, 0.29) is 5.91 Å². The molecule has 5 nitrogen and oxygen atoms in total. The molecule has 1 aliphatic rings. The van der Waals surface area contributed by atoms with Crippen LogP contribution < -0.4 is 4.74 Å². The zero-order valence-electron chi connectivity index (χ0n) is 16.8. The lowest BCUT2D eigenvalue weighted by Crippen LogP contribution is -2.40. The molecule has 0 N–H and O–H groups in total. The van der Waals surface area contributed by atoms with Crippen molar-refractivity contribution in [1.82, 2.24) is 9.47 Å². The Hall–Kier alpha value is -3.08. The topological polar surface area (TPSA) is 51.5 Å². The molecule has 0 spiro atoms. The summed E-state index contributed by atoms with van der Waals surface area (Å²) in [6, 6.07) is 15.7. The van der Waals surface area contributed by atoms with Crippen molar-refractivity contribution in [2.24, 2.45) is 0 Å². The Kier molecular flexibility index (Phi) is 5.65. The van der Waals surface area contributed by atoms with E-state index in [2.05, 4.69) is 0 Å². The smallest absolute Gasteiger partial charge is 0.295 e. The molecule has 2 aromatic carbocycles. The molecule has 0 aliphatic carbocycles. The van der Waals surface area contributed by atoms with Gasteiger partial charge in [0.1, 0.15) is 12.4 Å². The van der Waals surface area contributed by atoms with E-state index in [1.807, 2.05) is 60.0 Å². The molecule has 5 heteroatoms. The van der Waals surface area contributed by atoms with Gasteiger partial charge in [-0.25, -0.2) is 0 Å². The highest BCUT2D eigenvalue weighted by molar-refractivity contribution is 6.44. The number of carbonyl (C=O) groups excluding carboxylic acids is 2. The number of amides is 1. The summed E-state index contributed by atoms with van der Waals surface area (Å²) in [5.74, 6) is 0.0217. The molecule has 4 rings (SSSR count). The molecule has 1 saturated heterocycles. The van der Waals surface area contributed by atoms with Crippen molar-refractivity contribution in [2.75, 3.05) is 19.7 Å². The fourth-order valence-electron chi connectivity index (χ4n) is 3.86. The van der Waals surface area contributed by atoms with Crippen molar-refractivity contribution in [3.8, 4) is 5.75 Å². The zero-order valence-corrected chi connectivity index (χ0v) is 16.8. The molecule has 0 unspecified atom stereocenters. The highest BCUT2D eigenvalue weighted by atomic mass is 16.5. The van der Waals surface area contributed by atoms with E-state index >= 15 is 0 Å². The summed E-state index contributed by atoms with van der Waals surface area (Å²) >= 11 is 0. The van der Waals surface area contributed by atoms with Gasteiger partial charge in [0, 0.05) is 30.2 Å². The van der Waals surface area contributed by atoms with E-state index in [0.29, 0.717) is 31.8 Å². The molecule has 150 valence electrons. The molecule has 1 amide bonds. The molecule has 1 aliphatic heterocycles. The Balaban J connectivity index is 1.52. The molecular formula is C24H26N2O3. The molecule has 0 atom stereocenters. The van der Waals surface area contributed by atoms with E-state index in [1.165, 1.54) is 5.56 Å². The van der Waals surface area contributed by atoms with Crippen molar-refractivity contribution in [3.63, 3.8) is 0 Å². The first-order valence-electron chi connectivity index (χ1n) is 10.2. The molecule has 0 bridgehead atoms. The van der Waals surface area contributed by atoms with Crippen LogP contribution in [0.15, 0.2) is 54.7 Å². The van der Waals surface area contributed by atoms with Crippen molar-refractivity contribution in [2.45, 2.75) is 32.7 Å². The predicted molar refractivity (Wildman–Crippen MR) is 113 cm³/mol. The van der Waals surface area contributed by atoms with Gasteiger partial charge in [0.05, 0.1) is 12.1 Å². The van der Waals surface area contributed by atoms with Gasteiger partial charge in [-0.2, -0.15) is 0 Å². The second-order valence-corrected chi connectivity index (χ2v) is 7.60. The van der Waals surface area contributed by atoms with E-state index in [4.69, 9.17) is 4.74 Å². The Morgan fingerprint density at radius 3 is 2.45 bits per heavy atom. The van der Waals surface area contributed by atoms with E-state index in [0.717, 1.165) is 35.9 Å². The van der Waals surface area contributed by atoms with Gasteiger partial charge in [-0.1, -0.05) is 35.9 Å². The van der Waals surface area contributed by atoms with Gasteiger partial charge in [0.25, 0.3) is 11.7 Å². The molecule has 1 aromatic heterocycles. The largest absolute Gasteiger partial charge is 0.492 e. The number of nitrogens with zero attached hydrogens (tertiary/aromatic N) is 2. The van der Waals surface area contributed by atoms with Crippen LogP contribution in [0, 0.1) is 6.92 Å². The number of para-hydroxylation sites is 1. The van der Waals surface area contributed by atoms with Gasteiger partial charge in [0.2, 0.25) is 0 Å². The van der Waals surface area contributed by atoms with Crippen molar-refractivity contribution >= 4 is 22.6 Å². The minimum Gasteiger partial charge on any atom is -0.492 e. The fraction of sp³-hybridized carbons (Fsp3) is 0.333. The van der Waals surface area contributed by atoms with Crippen LogP contribution in [-0.4, -0.2) is 40.9 Å². The van der Waals surface area contributed by atoms with E-state index in [9.17, 15) is 9.59 Å². The Morgan fingerprint density at radius 2 is 1.69 bits per heavy atom. The summed E-state index contributed by atoms with van der Waals surface area (Å²) < 4.78 is 7.85. The average Bonchev–Trinajstić information content (AvgIpc) is 3.13. The minimum atomic E-state index is -0.415. The van der Waals surface area contributed by atoms with Crippen LogP contribution in [-0.2, 0) is 11.3 Å². The maximum Gasteiger partial charge on any atom is 0.295 e. The van der Waals surface area contributed by atoms with Crippen LogP contribution >= 0.6 is 0 Å². The standard InChI is InChI=1S/C24H26N2O3/c1-18-9-11-19(12-10-18)29-16-15-26-17-21(20-7-3-4-8-22(20)26)23(27)24(28)25-13-5-2-6-14-25/h3-4,7-12,17H,2,5-6,13-16H2,1H3. The molecule has 1 fully saturated rings. The van der Waals surface area contributed by atoms with Gasteiger partial charge in [-0.05, 0) is 44.4 Å². The van der Waals surface area contributed by atoms with Gasteiger partial charge < -0.3 is 14.2 Å². The number of piperidine rings is 1. The van der Waals surface area contributed by atoms with Gasteiger partial charge >= 0.3 is 0 Å². The van der Waals surface area contributed by atoms with Crippen LogP contribution in [0.4, 0.5) is 0 Å². The van der Waals surface area contributed by atoms with Crippen molar-refractivity contribution < 1.29 is 14.3 Å². The van der Waals surface area contributed by atoms with E-state index < -0.39 is 5.78 Å². The molecule has 3 aromatic rings. The maximum atomic E-state index is 13.0. The number of fused-ring (bicyclic) bond motifs is 1. The van der Waals surface area contributed by atoms with Gasteiger partial charge in [-0.15, -0.1) is 0 Å². The minimum absolute atomic E-state index is 0.386. The zero-order chi connectivity index (χ0) is 20.2. The third-order valence-corrected chi connectivity index (χ3v) is 5.49. The molecule has 2 heterocycles. The number of benzene rings is 2. The van der Waals surface area contributed by atoms with Crippen LogP contribution in [0.3, 0.4) is 0 Å².